The fourth-order valence-corrected chi connectivity index (χ4v) is 2.45. The minimum atomic E-state index is -1.39. The van der Waals surface area contributed by atoms with Crippen LogP contribution >= 0.6 is 0 Å². The van der Waals surface area contributed by atoms with Crippen molar-refractivity contribution in [2.24, 2.45) is 0 Å². The molecule has 0 saturated carbocycles. The number of carboxylic acid groups (broad SMARTS) is 1. The molecule has 4 nitrogen and oxygen atoms in total. The third-order valence-electron chi connectivity index (χ3n) is 3.50. The molecule has 0 fully saturated rings. The summed E-state index contributed by atoms with van der Waals surface area (Å²) in [6, 6.07) is 1.98. The lowest BCUT2D eigenvalue weighted by molar-refractivity contribution is 0.142. The molecule has 0 amide bonds. The SMILES string of the molecule is CCCCCc1cc(CC)c(OC(=O)O)c(O)c1CC. The van der Waals surface area contributed by atoms with E-state index in [-0.39, 0.29) is 11.5 Å². The molecule has 0 heterocycles. The maximum Gasteiger partial charge on any atom is 0.511 e. The van der Waals surface area contributed by atoms with E-state index in [1.54, 1.807) is 0 Å². The standard InChI is InChI=1S/C16H24O4/c1-4-7-8-9-12-10-11(5-2)15(20-16(18)19)14(17)13(12)6-3/h10,17H,4-9H2,1-3H3,(H,18,19). The van der Waals surface area contributed by atoms with Crippen LogP contribution in [0, 0.1) is 0 Å². The average Bonchev–Trinajstić information content (AvgIpc) is 2.41. The predicted molar refractivity (Wildman–Crippen MR) is 78.7 cm³/mol. The number of hydrogen-bond donors (Lipinski definition) is 2. The number of aromatic hydroxyl groups is 1. The third-order valence-corrected chi connectivity index (χ3v) is 3.50. The number of ether oxygens (including phenoxy) is 1. The number of hydrogen-bond acceptors (Lipinski definition) is 3. The maximum atomic E-state index is 10.8. The van der Waals surface area contributed by atoms with Crippen molar-refractivity contribution in [2.45, 2.75) is 59.3 Å². The van der Waals surface area contributed by atoms with Crippen LogP contribution in [0.15, 0.2) is 6.07 Å². The van der Waals surface area contributed by atoms with Crippen molar-refractivity contribution in [1.82, 2.24) is 0 Å². The zero-order chi connectivity index (χ0) is 15.1. The number of aryl methyl sites for hydroxylation is 2. The highest BCUT2D eigenvalue weighted by atomic mass is 16.7. The second kappa shape index (κ2) is 7.78. The monoisotopic (exact) mass is 280 g/mol. The van der Waals surface area contributed by atoms with Gasteiger partial charge >= 0.3 is 6.16 Å². The lowest BCUT2D eigenvalue weighted by Gasteiger charge is -2.16. The Bertz CT molecular complexity index is 466. The van der Waals surface area contributed by atoms with E-state index in [2.05, 4.69) is 6.92 Å². The van der Waals surface area contributed by atoms with Gasteiger partial charge in [0.1, 0.15) is 0 Å². The van der Waals surface area contributed by atoms with Crippen LogP contribution in [0.5, 0.6) is 11.5 Å². The van der Waals surface area contributed by atoms with Gasteiger partial charge in [0.2, 0.25) is 0 Å². The van der Waals surface area contributed by atoms with Gasteiger partial charge in [-0.15, -0.1) is 0 Å². The topological polar surface area (TPSA) is 66.8 Å². The van der Waals surface area contributed by atoms with Crippen molar-refractivity contribution in [3.8, 4) is 11.5 Å². The van der Waals surface area contributed by atoms with Gasteiger partial charge in [0.05, 0.1) is 0 Å². The molecule has 1 rings (SSSR count). The summed E-state index contributed by atoms with van der Waals surface area (Å²) < 4.78 is 4.76. The van der Waals surface area contributed by atoms with Crippen molar-refractivity contribution < 1.29 is 19.7 Å². The zero-order valence-corrected chi connectivity index (χ0v) is 12.5. The fraction of sp³-hybridized carbons (Fsp3) is 0.562. The average molecular weight is 280 g/mol. The first-order valence-electron chi connectivity index (χ1n) is 7.32. The summed E-state index contributed by atoms with van der Waals surface area (Å²) in [6.07, 6.45) is 4.17. The lowest BCUT2D eigenvalue weighted by atomic mass is 9.94. The summed E-state index contributed by atoms with van der Waals surface area (Å²) in [4.78, 5) is 10.8. The Hall–Kier alpha value is -1.71. The van der Waals surface area contributed by atoms with E-state index < -0.39 is 6.16 Å². The summed E-state index contributed by atoms with van der Waals surface area (Å²) in [7, 11) is 0. The summed E-state index contributed by atoms with van der Waals surface area (Å²) in [5.74, 6) is 0.0804. The minimum absolute atomic E-state index is 0.0132. The first kappa shape index (κ1) is 16.3. The van der Waals surface area contributed by atoms with Crippen LogP contribution in [0.4, 0.5) is 4.79 Å². The molecule has 20 heavy (non-hydrogen) atoms. The second-order valence-corrected chi connectivity index (χ2v) is 4.88. The van der Waals surface area contributed by atoms with Crippen LogP contribution < -0.4 is 4.74 Å². The first-order chi connectivity index (χ1) is 9.54. The van der Waals surface area contributed by atoms with Crippen LogP contribution in [-0.4, -0.2) is 16.4 Å². The van der Waals surface area contributed by atoms with Gasteiger partial charge in [0, 0.05) is 5.56 Å². The Morgan fingerprint density at radius 2 is 1.85 bits per heavy atom. The Labute approximate surface area is 120 Å². The van der Waals surface area contributed by atoms with Crippen molar-refractivity contribution in [1.29, 1.82) is 0 Å². The highest BCUT2D eigenvalue weighted by Gasteiger charge is 2.19. The molecular formula is C16H24O4. The third kappa shape index (κ3) is 3.89. The number of carbonyl (C=O) groups is 1. The number of unbranched alkanes of at least 4 members (excludes halogenated alkanes) is 2. The summed E-state index contributed by atoms with van der Waals surface area (Å²) >= 11 is 0. The van der Waals surface area contributed by atoms with Gasteiger partial charge in [-0.1, -0.05) is 39.7 Å². The molecule has 0 saturated heterocycles. The normalized spacial score (nSPS) is 10.6. The Morgan fingerprint density at radius 1 is 1.15 bits per heavy atom. The molecule has 0 aliphatic rings. The lowest BCUT2D eigenvalue weighted by Crippen LogP contribution is -2.08. The molecule has 0 radical (unpaired) electrons. The van der Waals surface area contributed by atoms with Crippen molar-refractivity contribution >= 4 is 6.16 Å². The van der Waals surface area contributed by atoms with Crippen molar-refractivity contribution in [3.05, 3.63) is 22.8 Å². The zero-order valence-electron chi connectivity index (χ0n) is 12.5. The van der Waals surface area contributed by atoms with Crippen molar-refractivity contribution in [2.75, 3.05) is 0 Å². The molecular weight excluding hydrogens is 256 g/mol. The molecule has 2 N–H and O–H groups in total. The molecule has 112 valence electrons. The van der Waals surface area contributed by atoms with E-state index in [9.17, 15) is 9.90 Å². The van der Waals surface area contributed by atoms with E-state index in [0.29, 0.717) is 12.8 Å². The van der Waals surface area contributed by atoms with Gasteiger partial charge in [0.25, 0.3) is 0 Å². The quantitative estimate of drug-likeness (QED) is 0.444. The highest BCUT2D eigenvalue weighted by molar-refractivity contribution is 5.66. The Balaban J connectivity index is 3.19. The van der Waals surface area contributed by atoms with Crippen LogP contribution in [-0.2, 0) is 19.3 Å². The highest BCUT2D eigenvalue weighted by Crippen LogP contribution is 2.38. The predicted octanol–water partition coefficient (Wildman–Crippen LogP) is 4.31. The van der Waals surface area contributed by atoms with E-state index in [1.807, 2.05) is 19.9 Å². The molecule has 1 aromatic rings. The van der Waals surface area contributed by atoms with Gasteiger partial charge in [-0.05, 0) is 36.8 Å². The summed E-state index contributed by atoms with van der Waals surface area (Å²) in [5.41, 5.74) is 2.65. The smallest absolute Gasteiger partial charge is 0.504 e. The van der Waals surface area contributed by atoms with Gasteiger partial charge in [-0.3, -0.25) is 0 Å². The maximum absolute atomic E-state index is 10.8. The van der Waals surface area contributed by atoms with E-state index >= 15 is 0 Å². The molecule has 0 bridgehead atoms. The van der Waals surface area contributed by atoms with Gasteiger partial charge in [-0.2, -0.15) is 0 Å². The molecule has 1 aromatic carbocycles. The largest absolute Gasteiger partial charge is 0.511 e. The van der Waals surface area contributed by atoms with E-state index in [4.69, 9.17) is 9.84 Å². The number of phenols is 1. The van der Waals surface area contributed by atoms with Crippen LogP contribution in [0.25, 0.3) is 0 Å². The molecule has 0 aliphatic carbocycles. The number of benzene rings is 1. The van der Waals surface area contributed by atoms with Crippen LogP contribution in [0.1, 0.15) is 56.7 Å². The van der Waals surface area contributed by atoms with E-state index in [1.165, 1.54) is 0 Å². The fourth-order valence-electron chi connectivity index (χ4n) is 2.45. The van der Waals surface area contributed by atoms with Gasteiger partial charge < -0.3 is 14.9 Å². The van der Waals surface area contributed by atoms with Gasteiger partial charge in [-0.25, -0.2) is 4.79 Å². The second-order valence-electron chi connectivity index (χ2n) is 4.88. The molecule has 0 aliphatic heterocycles. The number of phenolic OH excluding ortho intramolecular Hbond substituents is 1. The first-order valence-corrected chi connectivity index (χ1v) is 7.32. The van der Waals surface area contributed by atoms with Crippen LogP contribution in [0.3, 0.4) is 0 Å². The van der Waals surface area contributed by atoms with Gasteiger partial charge in [0.15, 0.2) is 11.5 Å². The molecule has 0 spiro atoms. The Kier molecular flexibility index (Phi) is 6.36. The molecule has 4 heteroatoms. The van der Waals surface area contributed by atoms with Crippen LogP contribution in [0.2, 0.25) is 0 Å². The molecule has 0 aromatic heterocycles. The summed E-state index contributed by atoms with van der Waals surface area (Å²) in [5, 5.41) is 19.1. The van der Waals surface area contributed by atoms with Crippen molar-refractivity contribution in [3.63, 3.8) is 0 Å². The Morgan fingerprint density at radius 3 is 2.35 bits per heavy atom. The minimum Gasteiger partial charge on any atom is -0.504 e. The molecule has 0 unspecified atom stereocenters. The summed E-state index contributed by atoms with van der Waals surface area (Å²) in [6.45, 7) is 6.03. The van der Waals surface area contributed by atoms with E-state index in [0.717, 1.165) is 42.4 Å². The number of rotatable bonds is 7. The molecule has 0 atom stereocenters.